The van der Waals surface area contributed by atoms with E-state index in [0.29, 0.717) is 0 Å². The highest BCUT2D eigenvalue weighted by Gasteiger charge is 2.32. The minimum Gasteiger partial charge on any atom is -0.480 e. The van der Waals surface area contributed by atoms with Gasteiger partial charge in [0.15, 0.2) is 0 Å². The Morgan fingerprint density at radius 1 is 1.38 bits per heavy atom. The molecule has 1 N–H and O–H groups in total. The predicted octanol–water partition coefficient (Wildman–Crippen LogP) is 2.31. The minimum absolute atomic E-state index is 0.170. The van der Waals surface area contributed by atoms with E-state index < -0.39 is 5.97 Å². The van der Waals surface area contributed by atoms with Crippen LogP contribution < -0.4 is 0 Å². The van der Waals surface area contributed by atoms with E-state index in [1.54, 1.807) is 0 Å². The zero-order chi connectivity index (χ0) is 12.3. The van der Waals surface area contributed by atoms with Crippen molar-refractivity contribution in [3.8, 4) is 0 Å². The number of thioether (sulfide) groups is 1. The van der Waals surface area contributed by atoms with Crippen molar-refractivity contribution >= 4 is 17.7 Å². The Labute approximate surface area is 103 Å². The number of carboxylic acids is 1. The smallest absolute Gasteiger partial charge is 0.321 e. The molecule has 1 rings (SSSR count). The first-order valence-corrected chi connectivity index (χ1v) is 6.93. The van der Waals surface area contributed by atoms with Crippen LogP contribution in [0.4, 0.5) is 0 Å². The predicted molar refractivity (Wildman–Crippen MR) is 69.0 cm³/mol. The van der Waals surface area contributed by atoms with E-state index in [1.165, 1.54) is 0 Å². The summed E-state index contributed by atoms with van der Waals surface area (Å²) in [5.74, 6) is 0.521. The van der Waals surface area contributed by atoms with Crippen molar-refractivity contribution in [1.29, 1.82) is 0 Å². The van der Waals surface area contributed by atoms with Gasteiger partial charge in [-0.2, -0.15) is 11.8 Å². The molecular weight excluding hydrogens is 222 g/mol. The van der Waals surface area contributed by atoms with Crippen LogP contribution in [0.25, 0.3) is 0 Å². The molecule has 3 nitrogen and oxygen atoms in total. The van der Waals surface area contributed by atoms with Crippen LogP contribution in [-0.4, -0.2) is 45.6 Å². The van der Waals surface area contributed by atoms with Crippen molar-refractivity contribution in [3.63, 3.8) is 0 Å². The number of aliphatic carboxylic acids is 1. The second-order valence-corrected chi connectivity index (χ2v) is 7.22. The van der Waals surface area contributed by atoms with Gasteiger partial charge >= 0.3 is 5.97 Å². The van der Waals surface area contributed by atoms with Gasteiger partial charge in [-0.05, 0) is 12.3 Å². The quantitative estimate of drug-likeness (QED) is 0.828. The highest BCUT2D eigenvalue weighted by Crippen LogP contribution is 2.31. The Hall–Kier alpha value is -0.220. The molecule has 0 aromatic rings. The number of carbonyl (C=O) groups is 1. The minimum atomic E-state index is -0.681. The fourth-order valence-electron chi connectivity index (χ4n) is 2.18. The number of hydrogen-bond acceptors (Lipinski definition) is 3. The van der Waals surface area contributed by atoms with Crippen LogP contribution in [0.2, 0.25) is 0 Å². The van der Waals surface area contributed by atoms with Crippen molar-refractivity contribution in [2.24, 2.45) is 5.92 Å². The summed E-state index contributed by atoms with van der Waals surface area (Å²) in [6.07, 6.45) is 1.06. The summed E-state index contributed by atoms with van der Waals surface area (Å²) in [6.45, 7) is 10.3. The molecule has 0 aromatic carbocycles. The van der Waals surface area contributed by atoms with E-state index in [2.05, 4.69) is 18.7 Å². The molecule has 1 saturated heterocycles. The summed E-state index contributed by atoms with van der Waals surface area (Å²) in [6, 6.07) is -0.325. The third-order valence-electron chi connectivity index (χ3n) is 3.15. The summed E-state index contributed by atoms with van der Waals surface area (Å²) in [5, 5.41) is 9.27. The highest BCUT2D eigenvalue weighted by atomic mass is 32.2. The van der Waals surface area contributed by atoms with Crippen LogP contribution in [0.5, 0.6) is 0 Å². The largest absolute Gasteiger partial charge is 0.480 e. The van der Waals surface area contributed by atoms with Gasteiger partial charge in [0.05, 0.1) is 0 Å². The van der Waals surface area contributed by atoms with Gasteiger partial charge in [0.2, 0.25) is 0 Å². The monoisotopic (exact) mass is 245 g/mol. The number of rotatable bonds is 3. The molecule has 0 radical (unpaired) electrons. The number of hydrogen-bond donors (Lipinski definition) is 1. The molecule has 1 unspecified atom stereocenters. The Morgan fingerprint density at radius 2 is 2.00 bits per heavy atom. The van der Waals surface area contributed by atoms with E-state index in [9.17, 15) is 9.90 Å². The average molecular weight is 245 g/mol. The Bertz CT molecular complexity index is 253. The van der Waals surface area contributed by atoms with Gasteiger partial charge in [-0.1, -0.05) is 27.7 Å². The van der Waals surface area contributed by atoms with E-state index in [4.69, 9.17) is 0 Å². The summed E-state index contributed by atoms with van der Waals surface area (Å²) < 4.78 is 0.286. The van der Waals surface area contributed by atoms with E-state index in [0.717, 1.165) is 25.3 Å². The van der Waals surface area contributed by atoms with Crippen LogP contribution in [0, 0.1) is 5.92 Å². The standard InChI is InChI=1S/C12H23NO2S/c1-9(2)10(11(14)15)13-6-5-12(3,4)16-8-7-13/h9-10H,5-8H2,1-4H3,(H,14,15). The summed E-state index contributed by atoms with van der Waals surface area (Å²) in [7, 11) is 0. The fraction of sp³-hybridized carbons (Fsp3) is 0.917. The normalized spacial score (nSPS) is 24.1. The van der Waals surface area contributed by atoms with Gasteiger partial charge in [-0.25, -0.2) is 0 Å². The van der Waals surface area contributed by atoms with Crippen molar-refractivity contribution < 1.29 is 9.90 Å². The van der Waals surface area contributed by atoms with Crippen LogP contribution in [0.1, 0.15) is 34.1 Å². The molecule has 1 aliphatic rings. The molecule has 0 spiro atoms. The third kappa shape index (κ3) is 3.67. The zero-order valence-electron chi connectivity index (χ0n) is 10.7. The summed E-state index contributed by atoms with van der Waals surface area (Å²) >= 11 is 1.95. The molecule has 1 heterocycles. The van der Waals surface area contributed by atoms with Crippen LogP contribution in [0.15, 0.2) is 0 Å². The van der Waals surface area contributed by atoms with Crippen molar-refractivity contribution in [2.75, 3.05) is 18.8 Å². The molecule has 16 heavy (non-hydrogen) atoms. The maximum absolute atomic E-state index is 11.3. The van der Waals surface area contributed by atoms with Crippen molar-refractivity contribution in [1.82, 2.24) is 4.90 Å². The Balaban J connectivity index is 2.68. The Kier molecular flexibility index (Phi) is 4.68. The second kappa shape index (κ2) is 5.41. The number of nitrogens with zero attached hydrogens (tertiary/aromatic N) is 1. The lowest BCUT2D eigenvalue weighted by Crippen LogP contribution is -2.46. The second-order valence-electron chi connectivity index (χ2n) is 5.42. The van der Waals surface area contributed by atoms with Gasteiger partial charge < -0.3 is 5.11 Å². The topological polar surface area (TPSA) is 40.5 Å². The van der Waals surface area contributed by atoms with Gasteiger partial charge in [-0.15, -0.1) is 0 Å². The molecular formula is C12H23NO2S. The summed E-state index contributed by atoms with van der Waals surface area (Å²) in [4.78, 5) is 13.4. The van der Waals surface area contributed by atoms with Crippen LogP contribution in [0.3, 0.4) is 0 Å². The maximum Gasteiger partial charge on any atom is 0.321 e. The van der Waals surface area contributed by atoms with E-state index >= 15 is 0 Å². The first-order valence-electron chi connectivity index (χ1n) is 5.94. The van der Waals surface area contributed by atoms with Crippen LogP contribution >= 0.6 is 11.8 Å². The first kappa shape index (κ1) is 13.8. The average Bonchev–Trinajstić information content (AvgIpc) is 2.27. The zero-order valence-corrected chi connectivity index (χ0v) is 11.5. The van der Waals surface area contributed by atoms with Crippen LogP contribution in [-0.2, 0) is 4.79 Å². The first-order chi connectivity index (χ1) is 7.33. The van der Waals surface area contributed by atoms with Gasteiger partial charge in [-0.3, -0.25) is 9.69 Å². The lowest BCUT2D eigenvalue weighted by molar-refractivity contribution is -0.145. The molecule has 1 fully saturated rings. The molecule has 0 amide bonds. The molecule has 4 heteroatoms. The summed E-state index contributed by atoms with van der Waals surface area (Å²) in [5.41, 5.74) is 0. The highest BCUT2D eigenvalue weighted by molar-refractivity contribution is 8.00. The molecule has 1 aliphatic heterocycles. The van der Waals surface area contributed by atoms with Gasteiger partial charge in [0.1, 0.15) is 6.04 Å². The lowest BCUT2D eigenvalue weighted by atomic mass is 10.0. The molecule has 0 saturated carbocycles. The third-order valence-corrected chi connectivity index (χ3v) is 4.52. The van der Waals surface area contributed by atoms with Gasteiger partial charge in [0.25, 0.3) is 0 Å². The molecule has 0 aliphatic carbocycles. The van der Waals surface area contributed by atoms with E-state index in [1.807, 2.05) is 25.6 Å². The van der Waals surface area contributed by atoms with Crippen molar-refractivity contribution in [2.45, 2.75) is 44.9 Å². The molecule has 0 bridgehead atoms. The fourth-order valence-corrected chi connectivity index (χ4v) is 3.29. The molecule has 94 valence electrons. The lowest BCUT2D eigenvalue weighted by Gasteiger charge is -2.30. The van der Waals surface area contributed by atoms with Crippen molar-refractivity contribution in [3.05, 3.63) is 0 Å². The maximum atomic E-state index is 11.3. The molecule has 0 aromatic heterocycles. The van der Waals surface area contributed by atoms with E-state index in [-0.39, 0.29) is 16.7 Å². The molecule has 1 atom stereocenters. The number of carboxylic acid groups (broad SMARTS) is 1. The Morgan fingerprint density at radius 3 is 2.50 bits per heavy atom. The van der Waals surface area contributed by atoms with Gasteiger partial charge in [0, 0.05) is 23.6 Å². The SMILES string of the molecule is CC(C)C(C(=O)O)N1CCSC(C)(C)CC1.